The summed E-state index contributed by atoms with van der Waals surface area (Å²) in [6.45, 7) is 0.0659. The van der Waals surface area contributed by atoms with Crippen molar-refractivity contribution in [2.45, 2.75) is 38.0 Å². The second-order valence-electron chi connectivity index (χ2n) is 4.92. The van der Waals surface area contributed by atoms with E-state index in [4.69, 9.17) is 10.5 Å². The maximum Gasteiger partial charge on any atom is 0.176 e. The molecule has 98 valence electrons. The Morgan fingerprint density at radius 2 is 2.06 bits per heavy atom. The summed E-state index contributed by atoms with van der Waals surface area (Å²) in [5.41, 5.74) is 7.31. The van der Waals surface area contributed by atoms with E-state index < -0.39 is 0 Å². The smallest absolute Gasteiger partial charge is 0.176 e. The zero-order chi connectivity index (χ0) is 13.0. The third-order valence-electron chi connectivity index (χ3n) is 3.78. The summed E-state index contributed by atoms with van der Waals surface area (Å²) in [5, 5.41) is 0. The van der Waals surface area contributed by atoms with E-state index in [1.165, 1.54) is 37.7 Å². The third-order valence-corrected chi connectivity index (χ3v) is 3.78. The van der Waals surface area contributed by atoms with Gasteiger partial charge in [0.2, 0.25) is 0 Å². The Morgan fingerprint density at radius 3 is 2.67 bits per heavy atom. The van der Waals surface area contributed by atoms with Gasteiger partial charge in [-0.3, -0.25) is 4.79 Å². The number of ketones is 1. The van der Waals surface area contributed by atoms with E-state index >= 15 is 0 Å². The van der Waals surface area contributed by atoms with Crippen LogP contribution in [0.15, 0.2) is 18.2 Å². The van der Waals surface area contributed by atoms with Gasteiger partial charge in [-0.15, -0.1) is 0 Å². The summed E-state index contributed by atoms with van der Waals surface area (Å²) in [6, 6.07) is 5.68. The van der Waals surface area contributed by atoms with Gasteiger partial charge in [0, 0.05) is 5.56 Å². The Balaban J connectivity index is 2.32. The normalized spacial score (nSPS) is 16.6. The second-order valence-corrected chi connectivity index (χ2v) is 4.92. The molecule has 3 nitrogen and oxygen atoms in total. The van der Waals surface area contributed by atoms with Crippen LogP contribution in [0.4, 0.5) is 0 Å². The number of hydrogen-bond donors (Lipinski definition) is 1. The number of ether oxygens (including phenoxy) is 1. The SMILES string of the molecule is COc1ccc(C(=O)CN)cc1C1CCCCC1. The van der Waals surface area contributed by atoms with E-state index in [2.05, 4.69) is 0 Å². The summed E-state index contributed by atoms with van der Waals surface area (Å²) in [6.07, 6.45) is 6.24. The van der Waals surface area contributed by atoms with Gasteiger partial charge < -0.3 is 10.5 Å². The molecule has 2 rings (SSSR count). The maximum atomic E-state index is 11.7. The average Bonchev–Trinajstić information content (AvgIpc) is 2.46. The zero-order valence-electron chi connectivity index (χ0n) is 10.9. The second kappa shape index (κ2) is 6.01. The molecule has 1 saturated carbocycles. The van der Waals surface area contributed by atoms with Crippen molar-refractivity contribution < 1.29 is 9.53 Å². The average molecular weight is 247 g/mol. The first-order valence-corrected chi connectivity index (χ1v) is 6.67. The molecule has 0 saturated heterocycles. The molecule has 1 aromatic rings. The molecule has 0 atom stereocenters. The highest BCUT2D eigenvalue weighted by atomic mass is 16.5. The van der Waals surface area contributed by atoms with Crippen molar-refractivity contribution in [3.63, 3.8) is 0 Å². The lowest BCUT2D eigenvalue weighted by molar-refractivity contribution is 0.100. The van der Waals surface area contributed by atoms with Gasteiger partial charge in [-0.2, -0.15) is 0 Å². The molecule has 0 aliphatic heterocycles. The Bertz CT molecular complexity index is 423. The molecule has 0 radical (unpaired) electrons. The lowest BCUT2D eigenvalue weighted by Gasteiger charge is -2.24. The number of nitrogens with two attached hydrogens (primary N) is 1. The summed E-state index contributed by atoms with van der Waals surface area (Å²) in [5.74, 6) is 1.42. The van der Waals surface area contributed by atoms with Crippen LogP contribution in [0, 0.1) is 0 Å². The third kappa shape index (κ3) is 2.72. The van der Waals surface area contributed by atoms with E-state index in [-0.39, 0.29) is 12.3 Å². The fraction of sp³-hybridized carbons (Fsp3) is 0.533. The molecule has 18 heavy (non-hydrogen) atoms. The monoisotopic (exact) mass is 247 g/mol. The van der Waals surface area contributed by atoms with Gasteiger partial charge in [-0.25, -0.2) is 0 Å². The number of methoxy groups -OCH3 is 1. The van der Waals surface area contributed by atoms with Crippen LogP contribution in [0.1, 0.15) is 53.9 Å². The summed E-state index contributed by atoms with van der Waals surface area (Å²) in [7, 11) is 1.69. The minimum absolute atomic E-state index is 0.00490. The van der Waals surface area contributed by atoms with Crippen LogP contribution in [0.25, 0.3) is 0 Å². The lowest BCUT2D eigenvalue weighted by Crippen LogP contribution is -2.14. The topological polar surface area (TPSA) is 52.3 Å². The van der Waals surface area contributed by atoms with E-state index in [0.717, 1.165) is 5.75 Å². The van der Waals surface area contributed by atoms with Gasteiger partial charge in [0.25, 0.3) is 0 Å². The molecule has 0 bridgehead atoms. The highest BCUT2D eigenvalue weighted by Gasteiger charge is 2.20. The molecule has 1 aliphatic carbocycles. The van der Waals surface area contributed by atoms with Crippen molar-refractivity contribution in [1.29, 1.82) is 0 Å². The van der Waals surface area contributed by atoms with Crippen molar-refractivity contribution in [1.82, 2.24) is 0 Å². The van der Waals surface area contributed by atoms with Gasteiger partial charge in [0.15, 0.2) is 5.78 Å². The number of hydrogen-bond acceptors (Lipinski definition) is 3. The van der Waals surface area contributed by atoms with E-state index in [1.807, 2.05) is 12.1 Å². The molecular weight excluding hydrogens is 226 g/mol. The van der Waals surface area contributed by atoms with E-state index in [9.17, 15) is 4.79 Å². The fourth-order valence-electron chi connectivity index (χ4n) is 2.76. The zero-order valence-corrected chi connectivity index (χ0v) is 10.9. The predicted octanol–water partition coefficient (Wildman–Crippen LogP) is 2.88. The first-order chi connectivity index (χ1) is 8.76. The molecule has 0 spiro atoms. The van der Waals surface area contributed by atoms with Crippen molar-refractivity contribution in [3.8, 4) is 5.75 Å². The Hall–Kier alpha value is -1.35. The molecule has 0 amide bonds. The van der Waals surface area contributed by atoms with Gasteiger partial charge in [0.05, 0.1) is 13.7 Å². The highest BCUT2D eigenvalue weighted by Crippen LogP contribution is 2.37. The van der Waals surface area contributed by atoms with Gasteiger partial charge in [-0.1, -0.05) is 19.3 Å². The van der Waals surface area contributed by atoms with Crippen molar-refractivity contribution in [2.75, 3.05) is 13.7 Å². The van der Waals surface area contributed by atoms with Gasteiger partial charge in [-0.05, 0) is 42.5 Å². The molecule has 0 aromatic heterocycles. The minimum atomic E-state index is -0.00490. The van der Waals surface area contributed by atoms with Crippen molar-refractivity contribution >= 4 is 5.78 Å². The standard InChI is InChI=1S/C15H21NO2/c1-18-15-8-7-12(14(17)10-16)9-13(15)11-5-3-2-4-6-11/h7-9,11H,2-6,10,16H2,1H3. The molecular formula is C15H21NO2. The van der Waals surface area contributed by atoms with Crippen LogP contribution in [0.3, 0.4) is 0 Å². The number of benzene rings is 1. The Labute approximate surface area is 108 Å². The predicted molar refractivity (Wildman–Crippen MR) is 72.2 cm³/mol. The van der Waals surface area contributed by atoms with Crippen LogP contribution < -0.4 is 10.5 Å². The number of rotatable bonds is 4. The van der Waals surface area contributed by atoms with Crippen LogP contribution in [0.5, 0.6) is 5.75 Å². The van der Waals surface area contributed by atoms with Crippen molar-refractivity contribution in [3.05, 3.63) is 29.3 Å². The largest absolute Gasteiger partial charge is 0.496 e. The first kappa shape index (κ1) is 13.1. The van der Waals surface area contributed by atoms with Crippen LogP contribution >= 0.6 is 0 Å². The minimum Gasteiger partial charge on any atom is -0.496 e. The van der Waals surface area contributed by atoms with Gasteiger partial charge >= 0.3 is 0 Å². The molecule has 2 N–H and O–H groups in total. The summed E-state index contributed by atoms with van der Waals surface area (Å²) in [4.78, 5) is 11.7. The molecule has 3 heteroatoms. The molecule has 0 unspecified atom stereocenters. The lowest BCUT2D eigenvalue weighted by atomic mass is 9.83. The fourth-order valence-corrected chi connectivity index (χ4v) is 2.76. The van der Waals surface area contributed by atoms with E-state index in [0.29, 0.717) is 11.5 Å². The van der Waals surface area contributed by atoms with Crippen molar-refractivity contribution in [2.24, 2.45) is 5.73 Å². The highest BCUT2D eigenvalue weighted by molar-refractivity contribution is 5.97. The number of Topliss-reactive ketones (excluding diaryl/α,β-unsaturated/α-hetero) is 1. The quantitative estimate of drug-likeness (QED) is 0.832. The van der Waals surface area contributed by atoms with Crippen LogP contribution in [-0.2, 0) is 0 Å². The first-order valence-electron chi connectivity index (χ1n) is 6.67. The summed E-state index contributed by atoms with van der Waals surface area (Å²) >= 11 is 0. The van der Waals surface area contributed by atoms with Crippen LogP contribution in [-0.4, -0.2) is 19.4 Å². The molecule has 1 aromatic carbocycles. The molecule has 1 fully saturated rings. The number of carbonyl (C=O) groups is 1. The summed E-state index contributed by atoms with van der Waals surface area (Å²) < 4.78 is 5.42. The van der Waals surface area contributed by atoms with Gasteiger partial charge in [0.1, 0.15) is 5.75 Å². The Morgan fingerprint density at radius 1 is 1.33 bits per heavy atom. The molecule has 1 aliphatic rings. The number of carbonyl (C=O) groups excluding carboxylic acids is 1. The maximum absolute atomic E-state index is 11.7. The Kier molecular flexibility index (Phi) is 4.37. The molecule has 0 heterocycles. The van der Waals surface area contributed by atoms with Crippen LogP contribution in [0.2, 0.25) is 0 Å². The van der Waals surface area contributed by atoms with E-state index in [1.54, 1.807) is 13.2 Å².